The molecular formula is C13H17FINO. The van der Waals surface area contributed by atoms with Gasteiger partial charge in [0.25, 0.3) is 0 Å². The third-order valence-corrected chi connectivity index (χ3v) is 3.85. The Labute approximate surface area is 115 Å². The number of hydrogen-bond donors (Lipinski definition) is 0. The maximum Gasteiger partial charge on any atom is 0.136 e. The summed E-state index contributed by atoms with van der Waals surface area (Å²) >= 11 is 2.04. The maximum atomic E-state index is 13.1. The molecule has 1 aliphatic rings. The van der Waals surface area contributed by atoms with E-state index < -0.39 is 0 Å². The van der Waals surface area contributed by atoms with E-state index in [4.69, 9.17) is 4.74 Å². The van der Waals surface area contributed by atoms with Gasteiger partial charge in [0.2, 0.25) is 0 Å². The van der Waals surface area contributed by atoms with Gasteiger partial charge in [-0.05, 0) is 59.7 Å². The zero-order chi connectivity index (χ0) is 12.1. The van der Waals surface area contributed by atoms with Crippen LogP contribution in [0.15, 0.2) is 18.2 Å². The Morgan fingerprint density at radius 1 is 1.29 bits per heavy atom. The summed E-state index contributed by atoms with van der Waals surface area (Å²) in [4.78, 5) is 2.43. The SMILES string of the molecule is Fc1ccc(CCCN2CCOCC2)cc1I. The van der Waals surface area contributed by atoms with Gasteiger partial charge in [0, 0.05) is 16.7 Å². The number of hydrogen-bond acceptors (Lipinski definition) is 2. The van der Waals surface area contributed by atoms with Gasteiger partial charge in [-0.2, -0.15) is 0 Å². The highest BCUT2D eigenvalue weighted by molar-refractivity contribution is 14.1. The fourth-order valence-electron chi connectivity index (χ4n) is 2.03. The van der Waals surface area contributed by atoms with Crippen LogP contribution >= 0.6 is 22.6 Å². The first-order chi connectivity index (χ1) is 8.25. The minimum absolute atomic E-state index is 0.123. The quantitative estimate of drug-likeness (QED) is 0.775. The van der Waals surface area contributed by atoms with Crippen molar-refractivity contribution in [1.29, 1.82) is 0 Å². The van der Waals surface area contributed by atoms with Gasteiger partial charge >= 0.3 is 0 Å². The van der Waals surface area contributed by atoms with Crippen LogP contribution in [0.25, 0.3) is 0 Å². The number of nitrogens with zero attached hydrogens (tertiary/aromatic N) is 1. The first kappa shape index (κ1) is 13.2. The van der Waals surface area contributed by atoms with Crippen molar-refractivity contribution in [3.8, 4) is 0 Å². The molecule has 0 atom stereocenters. The molecule has 0 unspecified atom stereocenters. The monoisotopic (exact) mass is 349 g/mol. The van der Waals surface area contributed by atoms with Crippen LogP contribution < -0.4 is 0 Å². The van der Waals surface area contributed by atoms with E-state index in [0.717, 1.165) is 45.7 Å². The molecular weight excluding hydrogens is 332 g/mol. The van der Waals surface area contributed by atoms with Gasteiger partial charge in [0.1, 0.15) is 5.82 Å². The zero-order valence-corrected chi connectivity index (χ0v) is 12.0. The van der Waals surface area contributed by atoms with Crippen molar-refractivity contribution in [2.75, 3.05) is 32.8 Å². The molecule has 4 heteroatoms. The molecule has 0 aromatic heterocycles. The molecule has 2 nitrogen and oxygen atoms in total. The predicted molar refractivity (Wildman–Crippen MR) is 74.7 cm³/mol. The van der Waals surface area contributed by atoms with E-state index in [1.54, 1.807) is 6.07 Å². The minimum Gasteiger partial charge on any atom is -0.379 e. The van der Waals surface area contributed by atoms with Gasteiger partial charge in [-0.1, -0.05) is 6.07 Å². The number of halogens is 2. The van der Waals surface area contributed by atoms with Crippen molar-refractivity contribution in [2.45, 2.75) is 12.8 Å². The number of benzene rings is 1. The first-order valence-electron chi connectivity index (χ1n) is 6.00. The molecule has 0 N–H and O–H groups in total. The smallest absolute Gasteiger partial charge is 0.136 e. The van der Waals surface area contributed by atoms with Crippen molar-refractivity contribution in [2.24, 2.45) is 0 Å². The highest BCUT2D eigenvalue weighted by Crippen LogP contribution is 2.14. The van der Waals surface area contributed by atoms with Gasteiger partial charge in [-0.25, -0.2) is 4.39 Å². The Kier molecular flexibility index (Phi) is 5.18. The number of rotatable bonds is 4. The second-order valence-corrected chi connectivity index (χ2v) is 5.47. The van der Waals surface area contributed by atoms with Gasteiger partial charge in [-0.3, -0.25) is 4.90 Å². The number of aryl methyl sites for hydroxylation is 1. The molecule has 0 radical (unpaired) electrons. The van der Waals surface area contributed by atoms with E-state index in [9.17, 15) is 4.39 Å². The van der Waals surface area contributed by atoms with Crippen molar-refractivity contribution >= 4 is 22.6 Å². The first-order valence-corrected chi connectivity index (χ1v) is 7.07. The highest BCUT2D eigenvalue weighted by Gasteiger charge is 2.09. The van der Waals surface area contributed by atoms with Crippen LogP contribution in [0, 0.1) is 9.39 Å². The lowest BCUT2D eigenvalue weighted by Gasteiger charge is -2.26. The van der Waals surface area contributed by atoms with Gasteiger partial charge in [-0.15, -0.1) is 0 Å². The fraction of sp³-hybridized carbons (Fsp3) is 0.538. The van der Waals surface area contributed by atoms with E-state index in [-0.39, 0.29) is 5.82 Å². The van der Waals surface area contributed by atoms with E-state index in [1.165, 1.54) is 5.56 Å². The normalized spacial score (nSPS) is 17.3. The van der Waals surface area contributed by atoms with E-state index in [0.29, 0.717) is 3.57 Å². The number of ether oxygens (including phenoxy) is 1. The Hall–Kier alpha value is -0.200. The summed E-state index contributed by atoms with van der Waals surface area (Å²) in [7, 11) is 0. The van der Waals surface area contributed by atoms with Crippen LogP contribution in [0.4, 0.5) is 4.39 Å². The molecule has 2 rings (SSSR count). The average Bonchev–Trinajstić information content (AvgIpc) is 2.35. The maximum absolute atomic E-state index is 13.1. The summed E-state index contributed by atoms with van der Waals surface area (Å²) in [6.45, 7) is 4.90. The molecule has 0 bridgehead atoms. The zero-order valence-electron chi connectivity index (χ0n) is 9.79. The molecule has 1 saturated heterocycles. The summed E-state index contributed by atoms with van der Waals surface area (Å²) in [5.41, 5.74) is 1.23. The molecule has 1 heterocycles. The van der Waals surface area contributed by atoms with Crippen LogP contribution in [0.2, 0.25) is 0 Å². The minimum atomic E-state index is -0.123. The standard InChI is InChI=1S/C13H17FINO/c14-12-4-3-11(10-13(12)15)2-1-5-16-6-8-17-9-7-16/h3-4,10H,1-2,5-9H2. The van der Waals surface area contributed by atoms with Gasteiger partial charge in [0.05, 0.1) is 13.2 Å². The fourth-order valence-corrected chi connectivity index (χ4v) is 2.61. The lowest BCUT2D eigenvalue weighted by molar-refractivity contribution is 0.0374. The molecule has 17 heavy (non-hydrogen) atoms. The molecule has 94 valence electrons. The Balaban J connectivity index is 1.75. The van der Waals surface area contributed by atoms with Crippen LogP contribution in [-0.4, -0.2) is 37.7 Å². The van der Waals surface area contributed by atoms with Crippen molar-refractivity contribution in [3.63, 3.8) is 0 Å². The van der Waals surface area contributed by atoms with Crippen LogP contribution in [0.1, 0.15) is 12.0 Å². The molecule has 0 amide bonds. The van der Waals surface area contributed by atoms with Crippen molar-refractivity contribution in [3.05, 3.63) is 33.1 Å². The summed E-state index contributed by atoms with van der Waals surface area (Å²) in [6.07, 6.45) is 2.15. The Morgan fingerprint density at radius 2 is 2.06 bits per heavy atom. The van der Waals surface area contributed by atoms with E-state index in [1.807, 2.05) is 34.7 Å². The molecule has 0 aliphatic carbocycles. The largest absolute Gasteiger partial charge is 0.379 e. The van der Waals surface area contributed by atoms with Gasteiger partial charge < -0.3 is 4.74 Å². The van der Waals surface area contributed by atoms with Crippen molar-refractivity contribution < 1.29 is 9.13 Å². The Morgan fingerprint density at radius 3 is 2.76 bits per heavy atom. The average molecular weight is 349 g/mol. The van der Waals surface area contributed by atoms with E-state index >= 15 is 0 Å². The molecule has 0 saturated carbocycles. The van der Waals surface area contributed by atoms with E-state index in [2.05, 4.69) is 4.90 Å². The van der Waals surface area contributed by atoms with Gasteiger partial charge in [0.15, 0.2) is 0 Å². The molecule has 1 fully saturated rings. The van der Waals surface area contributed by atoms with Crippen molar-refractivity contribution in [1.82, 2.24) is 4.90 Å². The highest BCUT2D eigenvalue weighted by atomic mass is 127. The van der Waals surface area contributed by atoms with Crippen LogP contribution in [0.3, 0.4) is 0 Å². The lowest BCUT2D eigenvalue weighted by Crippen LogP contribution is -2.36. The molecule has 1 aliphatic heterocycles. The Bertz CT molecular complexity index is 366. The third kappa shape index (κ3) is 4.19. The summed E-state index contributed by atoms with van der Waals surface area (Å²) in [5.74, 6) is -0.123. The topological polar surface area (TPSA) is 12.5 Å². The summed E-state index contributed by atoms with van der Waals surface area (Å²) in [6, 6.07) is 5.39. The van der Waals surface area contributed by atoms with Crippen LogP contribution in [0.5, 0.6) is 0 Å². The number of morpholine rings is 1. The molecule has 0 spiro atoms. The molecule has 1 aromatic rings. The second kappa shape index (κ2) is 6.66. The molecule has 1 aromatic carbocycles. The lowest BCUT2D eigenvalue weighted by atomic mass is 10.1. The predicted octanol–water partition coefficient (Wildman–Crippen LogP) is 2.70. The summed E-state index contributed by atoms with van der Waals surface area (Å²) < 4.78 is 19.1. The van der Waals surface area contributed by atoms with Crippen LogP contribution in [-0.2, 0) is 11.2 Å². The summed E-state index contributed by atoms with van der Waals surface area (Å²) in [5, 5.41) is 0. The third-order valence-electron chi connectivity index (χ3n) is 3.03. The second-order valence-electron chi connectivity index (χ2n) is 4.31.